The van der Waals surface area contributed by atoms with E-state index in [1.54, 1.807) is 4.90 Å². The zero-order valence-electron chi connectivity index (χ0n) is 16.1. The van der Waals surface area contributed by atoms with Crippen LogP contribution in [0, 0.1) is 17.6 Å². The van der Waals surface area contributed by atoms with Gasteiger partial charge < -0.3 is 14.8 Å². The third kappa shape index (κ3) is 3.22. The van der Waals surface area contributed by atoms with E-state index in [-0.39, 0.29) is 36.5 Å². The molecule has 2 unspecified atom stereocenters. The molecular formula is C22H20F2N4O2. The summed E-state index contributed by atoms with van der Waals surface area (Å²) >= 11 is 0. The van der Waals surface area contributed by atoms with Crippen LogP contribution < -0.4 is 4.90 Å². The van der Waals surface area contributed by atoms with Gasteiger partial charge in [0.1, 0.15) is 17.5 Å². The molecular weight excluding hydrogens is 390 g/mol. The summed E-state index contributed by atoms with van der Waals surface area (Å²) in [5.74, 6) is -1.73. The van der Waals surface area contributed by atoms with Crippen molar-refractivity contribution in [2.45, 2.75) is 25.3 Å². The maximum Gasteiger partial charge on any atom is 0.228 e. The van der Waals surface area contributed by atoms with Gasteiger partial charge in [-0.1, -0.05) is 12.1 Å². The predicted molar refractivity (Wildman–Crippen MR) is 107 cm³/mol. The summed E-state index contributed by atoms with van der Waals surface area (Å²) in [5.41, 5.74) is 1.91. The minimum Gasteiger partial charge on any atom is -0.340 e. The Labute approximate surface area is 171 Å². The number of para-hydroxylation sites is 2. The molecule has 30 heavy (non-hydrogen) atoms. The van der Waals surface area contributed by atoms with Gasteiger partial charge in [-0.3, -0.25) is 9.59 Å². The van der Waals surface area contributed by atoms with Gasteiger partial charge in [-0.2, -0.15) is 0 Å². The van der Waals surface area contributed by atoms with E-state index < -0.39 is 17.6 Å². The highest BCUT2D eigenvalue weighted by molar-refractivity contribution is 6.00. The quantitative estimate of drug-likeness (QED) is 0.718. The Balaban J connectivity index is 1.36. The summed E-state index contributed by atoms with van der Waals surface area (Å²) in [6.45, 7) is 0.712. The van der Waals surface area contributed by atoms with E-state index in [0.29, 0.717) is 6.54 Å². The lowest BCUT2D eigenvalue weighted by molar-refractivity contribution is -0.136. The van der Waals surface area contributed by atoms with Gasteiger partial charge in [-0.25, -0.2) is 13.8 Å². The minimum atomic E-state index is -0.753. The molecule has 0 spiro atoms. The Kier molecular flexibility index (Phi) is 4.49. The summed E-state index contributed by atoms with van der Waals surface area (Å²) in [5, 5.41) is 0. The summed E-state index contributed by atoms with van der Waals surface area (Å²) in [4.78, 5) is 36.8. The molecule has 2 aromatic carbocycles. The number of aromatic nitrogens is 2. The van der Waals surface area contributed by atoms with Crippen molar-refractivity contribution in [3.63, 3.8) is 0 Å². The van der Waals surface area contributed by atoms with E-state index >= 15 is 0 Å². The molecule has 1 N–H and O–H groups in total. The highest BCUT2D eigenvalue weighted by atomic mass is 19.1. The van der Waals surface area contributed by atoms with Gasteiger partial charge in [0, 0.05) is 31.3 Å². The molecule has 1 aromatic heterocycles. The number of hydrogen-bond donors (Lipinski definition) is 1. The predicted octanol–water partition coefficient (Wildman–Crippen LogP) is 3.56. The number of fused-ring (bicyclic) bond motifs is 1. The van der Waals surface area contributed by atoms with Gasteiger partial charge in [-0.15, -0.1) is 0 Å². The van der Waals surface area contributed by atoms with Crippen molar-refractivity contribution < 1.29 is 18.4 Å². The first-order valence-electron chi connectivity index (χ1n) is 10.0. The van der Waals surface area contributed by atoms with E-state index in [1.165, 1.54) is 4.90 Å². The van der Waals surface area contributed by atoms with E-state index in [4.69, 9.17) is 0 Å². The zero-order chi connectivity index (χ0) is 20.8. The number of anilines is 1. The molecule has 5 rings (SSSR count). The fourth-order valence-electron chi connectivity index (χ4n) is 4.50. The summed E-state index contributed by atoms with van der Waals surface area (Å²) < 4.78 is 27.1. The number of nitrogens with one attached hydrogen (secondary N) is 1. The molecule has 3 aromatic rings. The van der Waals surface area contributed by atoms with Crippen molar-refractivity contribution in [2.75, 3.05) is 18.0 Å². The molecule has 8 heteroatoms. The SMILES string of the molecule is O=C1CC(C(=O)N2CCCC2c2nc3ccccc3[nH]2)CN1c1cc(F)cc(F)c1. The molecule has 2 aliphatic heterocycles. The zero-order valence-corrected chi connectivity index (χ0v) is 16.1. The first-order chi connectivity index (χ1) is 14.5. The largest absolute Gasteiger partial charge is 0.340 e. The van der Waals surface area contributed by atoms with E-state index in [2.05, 4.69) is 9.97 Å². The number of halogens is 2. The van der Waals surface area contributed by atoms with Gasteiger partial charge in [0.15, 0.2) is 0 Å². The number of aromatic amines is 1. The summed E-state index contributed by atoms with van der Waals surface area (Å²) in [7, 11) is 0. The minimum absolute atomic E-state index is 0.0281. The second kappa shape index (κ2) is 7.19. The van der Waals surface area contributed by atoms with Gasteiger partial charge in [0.2, 0.25) is 11.8 Å². The van der Waals surface area contributed by atoms with E-state index in [9.17, 15) is 18.4 Å². The Morgan fingerprint density at radius 3 is 2.67 bits per heavy atom. The number of H-pyrrole nitrogens is 1. The number of benzene rings is 2. The Bertz CT molecular complexity index is 1090. The normalized spacial score (nSPS) is 21.7. The molecule has 0 aliphatic carbocycles. The van der Waals surface area contributed by atoms with Gasteiger partial charge in [-0.05, 0) is 37.1 Å². The molecule has 0 saturated carbocycles. The van der Waals surface area contributed by atoms with Crippen LogP contribution in [0.25, 0.3) is 11.0 Å². The molecule has 3 heterocycles. The molecule has 2 saturated heterocycles. The van der Waals surface area contributed by atoms with Crippen LogP contribution in [0.1, 0.15) is 31.1 Å². The van der Waals surface area contributed by atoms with Crippen LogP contribution in [0.15, 0.2) is 42.5 Å². The Hall–Kier alpha value is -3.29. The van der Waals surface area contributed by atoms with Crippen LogP contribution in [-0.2, 0) is 9.59 Å². The highest BCUT2D eigenvalue weighted by Gasteiger charge is 2.41. The van der Waals surface area contributed by atoms with Crippen LogP contribution in [0.3, 0.4) is 0 Å². The van der Waals surface area contributed by atoms with Crippen molar-refractivity contribution in [2.24, 2.45) is 5.92 Å². The van der Waals surface area contributed by atoms with E-state index in [1.807, 2.05) is 24.3 Å². The average Bonchev–Trinajstić information content (AvgIpc) is 3.43. The summed E-state index contributed by atoms with van der Waals surface area (Å²) in [6, 6.07) is 10.5. The van der Waals surface area contributed by atoms with Crippen molar-refractivity contribution in [3.05, 3.63) is 59.9 Å². The maximum absolute atomic E-state index is 13.6. The highest BCUT2D eigenvalue weighted by Crippen LogP contribution is 2.35. The third-order valence-corrected chi connectivity index (χ3v) is 5.89. The summed E-state index contributed by atoms with van der Waals surface area (Å²) in [6.07, 6.45) is 1.68. The molecule has 6 nitrogen and oxygen atoms in total. The molecule has 2 amide bonds. The lowest BCUT2D eigenvalue weighted by atomic mass is 10.1. The fraction of sp³-hybridized carbons (Fsp3) is 0.318. The van der Waals surface area contributed by atoms with E-state index in [0.717, 1.165) is 47.9 Å². The van der Waals surface area contributed by atoms with Crippen molar-refractivity contribution in [3.8, 4) is 0 Å². The smallest absolute Gasteiger partial charge is 0.228 e. The molecule has 0 radical (unpaired) electrons. The van der Waals surface area contributed by atoms with Crippen molar-refractivity contribution in [1.82, 2.24) is 14.9 Å². The van der Waals surface area contributed by atoms with Crippen molar-refractivity contribution >= 4 is 28.5 Å². The van der Waals surface area contributed by atoms with Crippen LogP contribution in [0.2, 0.25) is 0 Å². The third-order valence-electron chi connectivity index (χ3n) is 5.89. The first-order valence-corrected chi connectivity index (χ1v) is 10.0. The van der Waals surface area contributed by atoms with Gasteiger partial charge >= 0.3 is 0 Å². The molecule has 2 aliphatic rings. The Morgan fingerprint density at radius 1 is 1.13 bits per heavy atom. The number of imidazole rings is 1. The van der Waals surface area contributed by atoms with Gasteiger partial charge in [0.05, 0.1) is 23.0 Å². The number of rotatable bonds is 3. The average molecular weight is 410 g/mol. The van der Waals surface area contributed by atoms with Gasteiger partial charge in [0.25, 0.3) is 0 Å². The van der Waals surface area contributed by atoms with Crippen LogP contribution in [0.5, 0.6) is 0 Å². The van der Waals surface area contributed by atoms with Crippen molar-refractivity contribution in [1.29, 1.82) is 0 Å². The standard InChI is InChI=1S/C22H20F2N4O2/c23-14-9-15(24)11-16(10-14)28-12-13(8-20(28)29)22(30)27-7-3-6-19(27)21-25-17-4-1-2-5-18(17)26-21/h1-2,4-5,9-11,13,19H,3,6-8,12H2,(H,25,26). The monoisotopic (exact) mass is 410 g/mol. The Morgan fingerprint density at radius 2 is 1.90 bits per heavy atom. The number of carbonyl (C=O) groups is 2. The number of carbonyl (C=O) groups excluding carboxylic acids is 2. The maximum atomic E-state index is 13.6. The lowest BCUT2D eigenvalue weighted by Crippen LogP contribution is -2.37. The molecule has 0 bridgehead atoms. The number of likely N-dealkylation sites (tertiary alicyclic amines) is 1. The van der Waals surface area contributed by atoms with Crippen LogP contribution >= 0.6 is 0 Å². The number of hydrogen-bond acceptors (Lipinski definition) is 3. The second-order valence-electron chi connectivity index (χ2n) is 7.86. The first kappa shape index (κ1) is 18.7. The topological polar surface area (TPSA) is 69.3 Å². The second-order valence-corrected chi connectivity index (χ2v) is 7.86. The van der Waals surface area contributed by atoms with Crippen LogP contribution in [-0.4, -0.2) is 39.8 Å². The fourth-order valence-corrected chi connectivity index (χ4v) is 4.50. The number of amides is 2. The molecule has 154 valence electrons. The lowest BCUT2D eigenvalue weighted by Gasteiger charge is -2.26. The van der Waals surface area contributed by atoms with Crippen LogP contribution in [0.4, 0.5) is 14.5 Å². The number of nitrogens with zero attached hydrogens (tertiary/aromatic N) is 3. The molecule has 2 atom stereocenters. The molecule has 2 fully saturated rings.